The van der Waals surface area contributed by atoms with Crippen molar-refractivity contribution in [1.82, 2.24) is 14.9 Å². The third kappa shape index (κ3) is 4.69. The second-order valence-corrected chi connectivity index (χ2v) is 8.74. The van der Waals surface area contributed by atoms with E-state index in [2.05, 4.69) is 10.3 Å². The van der Waals surface area contributed by atoms with Gasteiger partial charge in [0.25, 0.3) is 5.91 Å². The van der Waals surface area contributed by atoms with Gasteiger partial charge >= 0.3 is 0 Å². The van der Waals surface area contributed by atoms with Crippen LogP contribution in [-0.2, 0) is 4.79 Å². The lowest BCUT2D eigenvalue weighted by molar-refractivity contribution is -0.119. The molecule has 1 aliphatic rings. The number of carbonyl (C=O) groups excluding carboxylic acids is 1. The van der Waals surface area contributed by atoms with Gasteiger partial charge in [0.05, 0.1) is 41.9 Å². The molecule has 0 radical (unpaired) electrons. The number of aromatic nitrogens is 2. The minimum atomic E-state index is -0.860. The molecule has 0 aliphatic carbocycles. The van der Waals surface area contributed by atoms with Crippen molar-refractivity contribution in [1.29, 1.82) is 0 Å². The second kappa shape index (κ2) is 10.0. The Kier molecular flexibility index (Phi) is 6.47. The largest absolute Gasteiger partial charge is 0.495 e. The van der Waals surface area contributed by atoms with E-state index < -0.39 is 6.17 Å². The maximum Gasteiger partial charge on any atom is 0.271 e. The van der Waals surface area contributed by atoms with Crippen molar-refractivity contribution in [3.8, 4) is 11.4 Å². The van der Waals surface area contributed by atoms with E-state index >= 15 is 0 Å². The van der Waals surface area contributed by atoms with Gasteiger partial charge in [0.15, 0.2) is 6.17 Å². The first-order valence-electron chi connectivity index (χ1n) is 11.9. The van der Waals surface area contributed by atoms with Crippen LogP contribution in [0, 0.1) is 6.92 Å². The molecule has 1 amide bonds. The average molecular weight is 493 g/mol. The molecule has 186 valence electrons. The van der Waals surface area contributed by atoms with Gasteiger partial charge in [-0.15, -0.1) is 0 Å². The quantitative estimate of drug-likeness (QED) is 0.426. The number of nitrogens with zero attached hydrogens (tertiary/aromatic N) is 4. The van der Waals surface area contributed by atoms with E-state index in [1.165, 1.54) is 0 Å². The van der Waals surface area contributed by atoms with Crippen LogP contribution in [0.4, 0.5) is 5.69 Å². The number of amides is 1. The smallest absolute Gasteiger partial charge is 0.271 e. The molecule has 8 nitrogen and oxygen atoms in total. The van der Waals surface area contributed by atoms with Crippen LogP contribution >= 0.6 is 0 Å². The molecule has 37 heavy (non-hydrogen) atoms. The van der Waals surface area contributed by atoms with Crippen molar-refractivity contribution in [2.45, 2.75) is 13.1 Å². The molecule has 4 aromatic rings. The van der Waals surface area contributed by atoms with Crippen molar-refractivity contribution >= 4 is 23.0 Å². The zero-order valence-electron chi connectivity index (χ0n) is 20.9. The van der Waals surface area contributed by atoms with Crippen LogP contribution in [-0.4, -0.2) is 41.5 Å². The van der Waals surface area contributed by atoms with E-state index in [0.717, 1.165) is 39.5 Å². The molecule has 0 bridgehead atoms. The number of nitrogens with two attached hydrogens (primary N) is 1. The number of aryl methyl sites for hydroxylation is 1. The first-order chi connectivity index (χ1) is 18.0. The number of likely N-dealkylation sites (N-methyl/N-ethyl adjacent to an activating group) is 1. The van der Waals surface area contributed by atoms with Crippen LogP contribution in [0.15, 0.2) is 96.5 Å². The maximum absolute atomic E-state index is 13.4. The van der Waals surface area contributed by atoms with Crippen LogP contribution in [0.25, 0.3) is 11.4 Å². The number of hydrogen-bond donors (Lipinski definition) is 2. The van der Waals surface area contributed by atoms with Gasteiger partial charge in [-0.3, -0.25) is 4.79 Å². The Morgan fingerprint density at radius 3 is 2.54 bits per heavy atom. The lowest BCUT2D eigenvalue weighted by atomic mass is 10.0. The highest BCUT2D eigenvalue weighted by molar-refractivity contribution is 6.20. The summed E-state index contributed by atoms with van der Waals surface area (Å²) in [6, 6.07) is 23.3. The zero-order chi connectivity index (χ0) is 25.9. The number of benzene rings is 3. The fourth-order valence-corrected chi connectivity index (χ4v) is 4.33. The van der Waals surface area contributed by atoms with E-state index in [0.29, 0.717) is 11.4 Å². The number of nitrogens with one attached hydrogen (secondary N) is 1. The van der Waals surface area contributed by atoms with Crippen molar-refractivity contribution < 1.29 is 9.53 Å². The average Bonchev–Trinajstić information content (AvgIpc) is 3.34. The summed E-state index contributed by atoms with van der Waals surface area (Å²) < 4.78 is 7.50. The number of carbonyl (C=O) groups is 1. The van der Waals surface area contributed by atoms with E-state index in [-0.39, 0.29) is 5.91 Å². The van der Waals surface area contributed by atoms with Gasteiger partial charge in [0, 0.05) is 36.1 Å². The molecule has 0 saturated carbocycles. The molecule has 2 heterocycles. The van der Waals surface area contributed by atoms with Gasteiger partial charge in [-0.25, -0.2) is 9.98 Å². The Hall–Kier alpha value is -4.85. The number of fused-ring (bicyclic) bond motifs is 1. The fourth-order valence-electron chi connectivity index (χ4n) is 4.33. The van der Waals surface area contributed by atoms with Gasteiger partial charge in [-0.05, 0) is 25.1 Å². The van der Waals surface area contributed by atoms with Gasteiger partial charge in [-0.1, -0.05) is 54.6 Å². The molecule has 5 rings (SSSR count). The van der Waals surface area contributed by atoms with Gasteiger partial charge in [-0.2, -0.15) is 0 Å². The summed E-state index contributed by atoms with van der Waals surface area (Å²) >= 11 is 0. The fraction of sp³-hybridized carbons (Fsp3) is 0.138. The van der Waals surface area contributed by atoms with Crippen LogP contribution < -0.4 is 20.7 Å². The third-order valence-corrected chi connectivity index (χ3v) is 6.29. The molecule has 0 saturated heterocycles. The molecular weight excluding hydrogens is 464 g/mol. The van der Waals surface area contributed by atoms with Gasteiger partial charge < -0.3 is 25.3 Å². The standard InChI is InChI=1S/C29H28N6O2/c1-19-17-35(18-32-19)25-14-13-21(15-26(25)37-3)23(30)16-31-28-29(36)34(2)24-12-8-7-11-22(24)27(33-28)20-9-5-4-6-10-20/h4-18,28,31H,30H2,1-3H3/b23-16-. The lowest BCUT2D eigenvalue weighted by Gasteiger charge is -2.20. The van der Waals surface area contributed by atoms with Gasteiger partial charge in [0.2, 0.25) is 0 Å². The number of ether oxygens (including phenoxy) is 1. The zero-order valence-corrected chi connectivity index (χ0v) is 20.9. The Labute approximate surface area is 215 Å². The lowest BCUT2D eigenvalue weighted by Crippen LogP contribution is -2.41. The number of rotatable bonds is 6. The van der Waals surface area contributed by atoms with Crippen LogP contribution in [0.1, 0.15) is 22.4 Å². The molecule has 1 unspecified atom stereocenters. The van der Waals surface area contributed by atoms with Crippen molar-refractivity contribution in [3.05, 3.63) is 114 Å². The number of benzodiazepines with no additional fused rings is 1. The minimum Gasteiger partial charge on any atom is -0.495 e. The van der Waals surface area contributed by atoms with Crippen molar-refractivity contribution in [3.63, 3.8) is 0 Å². The molecule has 3 aromatic carbocycles. The molecule has 1 aliphatic heterocycles. The summed E-state index contributed by atoms with van der Waals surface area (Å²) in [6.45, 7) is 1.93. The highest BCUT2D eigenvalue weighted by Crippen LogP contribution is 2.28. The number of imidazole rings is 1. The Morgan fingerprint density at radius 1 is 1.05 bits per heavy atom. The van der Waals surface area contributed by atoms with Crippen LogP contribution in [0.3, 0.4) is 0 Å². The van der Waals surface area contributed by atoms with E-state index in [4.69, 9.17) is 15.5 Å². The summed E-state index contributed by atoms with van der Waals surface area (Å²) in [7, 11) is 3.37. The predicted molar refractivity (Wildman–Crippen MR) is 146 cm³/mol. The van der Waals surface area contributed by atoms with Gasteiger partial charge in [0.1, 0.15) is 5.75 Å². The molecule has 1 atom stereocenters. The topological polar surface area (TPSA) is 97.8 Å². The van der Waals surface area contributed by atoms with Crippen molar-refractivity contribution in [2.24, 2.45) is 10.7 Å². The maximum atomic E-state index is 13.4. The first kappa shape index (κ1) is 23.9. The summed E-state index contributed by atoms with van der Waals surface area (Å²) in [4.78, 5) is 24.2. The normalized spacial score (nSPS) is 15.6. The number of methoxy groups -OCH3 is 1. The predicted octanol–water partition coefficient (Wildman–Crippen LogP) is 3.88. The second-order valence-electron chi connectivity index (χ2n) is 8.74. The van der Waals surface area contributed by atoms with Crippen LogP contribution in [0.2, 0.25) is 0 Å². The number of aliphatic imine (C=N–C) groups is 1. The number of hydrogen-bond acceptors (Lipinski definition) is 6. The summed E-state index contributed by atoms with van der Waals surface area (Å²) in [5.41, 5.74) is 12.7. The van der Waals surface area contributed by atoms with Crippen molar-refractivity contribution in [2.75, 3.05) is 19.1 Å². The Balaban J connectivity index is 1.48. The number of para-hydroxylation sites is 1. The SMILES string of the molecule is COc1cc(/C(N)=C/NC2N=C(c3ccccc3)c3ccccc3N(C)C2=O)ccc1-n1cnc(C)c1. The molecule has 8 heteroatoms. The highest BCUT2D eigenvalue weighted by atomic mass is 16.5. The molecule has 0 spiro atoms. The Bertz CT molecular complexity index is 1510. The molecular formula is C29H28N6O2. The molecule has 1 aromatic heterocycles. The number of anilines is 1. The third-order valence-electron chi connectivity index (χ3n) is 6.29. The molecule has 0 fully saturated rings. The Morgan fingerprint density at radius 2 is 1.81 bits per heavy atom. The minimum absolute atomic E-state index is 0.189. The first-order valence-corrected chi connectivity index (χ1v) is 11.9. The van der Waals surface area contributed by atoms with E-state index in [1.54, 1.807) is 31.6 Å². The summed E-state index contributed by atoms with van der Waals surface area (Å²) in [6.07, 6.45) is 4.42. The highest BCUT2D eigenvalue weighted by Gasteiger charge is 2.29. The van der Waals surface area contributed by atoms with E-state index in [9.17, 15) is 4.79 Å². The van der Waals surface area contributed by atoms with E-state index in [1.807, 2.05) is 90.5 Å². The van der Waals surface area contributed by atoms with Crippen LogP contribution in [0.5, 0.6) is 5.75 Å². The summed E-state index contributed by atoms with van der Waals surface area (Å²) in [5.74, 6) is 0.460. The molecule has 3 N–H and O–H groups in total. The monoisotopic (exact) mass is 492 g/mol. The summed E-state index contributed by atoms with van der Waals surface area (Å²) in [5, 5.41) is 3.14.